The van der Waals surface area contributed by atoms with Gasteiger partial charge < -0.3 is 4.74 Å². The van der Waals surface area contributed by atoms with E-state index < -0.39 is 29.7 Å². The summed E-state index contributed by atoms with van der Waals surface area (Å²) in [5.41, 5.74) is -0.841. The Balaban J connectivity index is 2.56. The Labute approximate surface area is 119 Å². The molecule has 0 radical (unpaired) electrons. The Kier molecular flexibility index (Phi) is 3.93. The number of alkyl halides is 3. The van der Waals surface area contributed by atoms with E-state index in [1.54, 1.807) is 6.92 Å². The van der Waals surface area contributed by atoms with Gasteiger partial charge in [0.1, 0.15) is 0 Å². The highest BCUT2D eigenvalue weighted by atomic mass is 19.4. The number of nitrogens with zero attached hydrogens (tertiary/aromatic N) is 1. The first-order valence-electron chi connectivity index (χ1n) is 6.41. The first kappa shape index (κ1) is 15.3. The van der Waals surface area contributed by atoms with Gasteiger partial charge in [-0.3, -0.25) is 9.69 Å². The summed E-state index contributed by atoms with van der Waals surface area (Å²) in [5, 5.41) is 0. The molecule has 2 rings (SSSR count). The number of amides is 1. The summed E-state index contributed by atoms with van der Waals surface area (Å²) in [6.07, 6.45) is -4.73. The standard InChI is InChI=1S/C14H14F3NO3/c1-3-9-7-12(19)10-6-8(14(15,16)17)4-5-11(10)18(9)13(20)21-2/h4-6,9H,3,7H2,1-2H3. The number of hydrogen-bond acceptors (Lipinski definition) is 3. The highest BCUT2D eigenvalue weighted by Crippen LogP contribution is 2.37. The number of rotatable bonds is 1. The second-order valence-corrected chi connectivity index (χ2v) is 4.76. The molecule has 0 bridgehead atoms. The lowest BCUT2D eigenvalue weighted by Gasteiger charge is -2.35. The fraction of sp³-hybridized carbons (Fsp3) is 0.429. The molecular formula is C14H14F3NO3. The summed E-state index contributed by atoms with van der Waals surface area (Å²) in [4.78, 5) is 25.1. The van der Waals surface area contributed by atoms with Gasteiger partial charge in [-0.15, -0.1) is 0 Å². The number of anilines is 1. The van der Waals surface area contributed by atoms with Gasteiger partial charge in [-0.1, -0.05) is 6.92 Å². The van der Waals surface area contributed by atoms with Crippen LogP contribution in [0.4, 0.5) is 23.7 Å². The maximum atomic E-state index is 12.7. The molecule has 0 saturated heterocycles. The predicted molar refractivity (Wildman–Crippen MR) is 69.4 cm³/mol. The summed E-state index contributed by atoms with van der Waals surface area (Å²) in [7, 11) is 1.19. The van der Waals surface area contributed by atoms with Gasteiger partial charge in [0, 0.05) is 18.0 Å². The SMILES string of the molecule is CCC1CC(=O)c2cc(C(F)(F)F)ccc2N1C(=O)OC. The van der Waals surface area contributed by atoms with Crippen LogP contribution in [0.3, 0.4) is 0 Å². The molecule has 1 aromatic carbocycles. The maximum absolute atomic E-state index is 12.7. The first-order chi connectivity index (χ1) is 9.79. The molecule has 0 fully saturated rings. The van der Waals surface area contributed by atoms with Crippen molar-refractivity contribution < 1.29 is 27.5 Å². The van der Waals surface area contributed by atoms with Crippen molar-refractivity contribution in [3.8, 4) is 0 Å². The fourth-order valence-corrected chi connectivity index (χ4v) is 2.43. The van der Waals surface area contributed by atoms with Gasteiger partial charge in [-0.2, -0.15) is 13.2 Å². The van der Waals surface area contributed by atoms with Crippen LogP contribution in [0.2, 0.25) is 0 Å². The predicted octanol–water partition coefficient (Wildman–Crippen LogP) is 3.64. The number of carbonyl (C=O) groups excluding carboxylic acids is 2. The third-order valence-electron chi connectivity index (χ3n) is 3.51. The summed E-state index contributed by atoms with van der Waals surface area (Å²) in [5.74, 6) is -0.400. The van der Waals surface area contributed by atoms with Crippen molar-refractivity contribution in [3.05, 3.63) is 29.3 Å². The molecule has 1 aromatic rings. The highest BCUT2D eigenvalue weighted by Gasteiger charge is 2.38. The van der Waals surface area contributed by atoms with Gasteiger partial charge >= 0.3 is 12.3 Å². The van der Waals surface area contributed by atoms with Crippen LogP contribution in [0, 0.1) is 0 Å². The molecule has 0 aliphatic carbocycles. The molecule has 1 amide bonds. The number of hydrogen-bond donors (Lipinski definition) is 0. The molecule has 0 N–H and O–H groups in total. The van der Waals surface area contributed by atoms with Gasteiger partial charge in [-0.25, -0.2) is 4.79 Å². The van der Waals surface area contributed by atoms with Crippen LogP contribution < -0.4 is 4.90 Å². The van der Waals surface area contributed by atoms with Crippen molar-refractivity contribution in [3.63, 3.8) is 0 Å². The highest BCUT2D eigenvalue weighted by molar-refractivity contribution is 6.08. The van der Waals surface area contributed by atoms with Crippen LogP contribution >= 0.6 is 0 Å². The van der Waals surface area contributed by atoms with Gasteiger partial charge in [-0.05, 0) is 24.6 Å². The Hall–Kier alpha value is -2.05. The summed E-state index contributed by atoms with van der Waals surface area (Å²) in [6, 6.07) is 2.39. The Bertz CT molecular complexity index is 583. The minimum atomic E-state index is -4.53. The van der Waals surface area contributed by atoms with E-state index in [-0.39, 0.29) is 17.7 Å². The van der Waals surface area contributed by atoms with E-state index in [1.807, 2.05) is 0 Å². The van der Waals surface area contributed by atoms with E-state index in [1.165, 1.54) is 12.0 Å². The Morgan fingerprint density at radius 2 is 2.10 bits per heavy atom. The van der Waals surface area contributed by atoms with Crippen molar-refractivity contribution in [1.29, 1.82) is 0 Å². The van der Waals surface area contributed by atoms with E-state index in [0.29, 0.717) is 6.42 Å². The molecule has 7 heteroatoms. The molecule has 1 unspecified atom stereocenters. The van der Waals surface area contributed by atoms with Crippen LogP contribution in [-0.4, -0.2) is 25.0 Å². The summed E-state index contributed by atoms with van der Waals surface area (Å²) >= 11 is 0. The summed E-state index contributed by atoms with van der Waals surface area (Å²) in [6.45, 7) is 1.79. The molecule has 1 aliphatic heterocycles. The minimum Gasteiger partial charge on any atom is -0.452 e. The lowest BCUT2D eigenvalue weighted by molar-refractivity contribution is -0.137. The van der Waals surface area contributed by atoms with E-state index in [4.69, 9.17) is 0 Å². The van der Waals surface area contributed by atoms with Gasteiger partial charge in [0.05, 0.1) is 18.4 Å². The van der Waals surface area contributed by atoms with Crippen molar-refractivity contribution in [1.82, 2.24) is 0 Å². The molecule has 114 valence electrons. The zero-order valence-corrected chi connectivity index (χ0v) is 11.5. The molecule has 1 heterocycles. The number of methoxy groups -OCH3 is 1. The largest absolute Gasteiger partial charge is 0.452 e. The maximum Gasteiger partial charge on any atom is 0.416 e. The number of benzene rings is 1. The third kappa shape index (κ3) is 2.72. The monoisotopic (exact) mass is 301 g/mol. The second-order valence-electron chi connectivity index (χ2n) is 4.76. The normalized spacial score (nSPS) is 18.4. The lowest BCUT2D eigenvalue weighted by atomic mass is 9.92. The molecule has 21 heavy (non-hydrogen) atoms. The number of halogens is 3. The molecule has 1 aliphatic rings. The van der Waals surface area contributed by atoms with E-state index in [2.05, 4.69) is 4.74 Å². The quantitative estimate of drug-likeness (QED) is 0.795. The second kappa shape index (κ2) is 5.38. The average Bonchev–Trinajstić information content (AvgIpc) is 2.44. The molecule has 4 nitrogen and oxygen atoms in total. The van der Waals surface area contributed by atoms with Crippen LogP contribution in [-0.2, 0) is 10.9 Å². The smallest absolute Gasteiger partial charge is 0.416 e. The van der Waals surface area contributed by atoms with Crippen LogP contribution in [0.5, 0.6) is 0 Å². The van der Waals surface area contributed by atoms with Crippen molar-refractivity contribution in [2.24, 2.45) is 0 Å². The molecule has 0 saturated carbocycles. The fourth-order valence-electron chi connectivity index (χ4n) is 2.43. The van der Waals surface area contributed by atoms with Crippen LogP contribution in [0.25, 0.3) is 0 Å². The topological polar surface area (TPSA) is 46.6 Å². The van der Waals surface area contributed by atoms with Gasteiger partial charge in [0.15, 0.2) is 5.78 Å². The van der Waals surface area contributed by atoms with Gasteiger partial charge in [0.25, 0.3) is 0 Å². The van der Waals surface area contributed by atoms with Gasteiger partial charge in [0.2, 0.25) is 0 Å². The van der Waals surface area contributed by atoms with Crippen LogP contribution in [0.15, 0.2) is 18.2 Å². The third-order valence-corrected chi connectivity index (χ3v) is 3.51. The number of Topliss-reactive ketones (excluding diaryl/α,β-unsaturated/α-hetero) is 1. The number of fused-ring (bicyclic) bond motifs is 1. The zero-order chi connectivity index (χ0) is 15.8. The average molecular weight is 301 g/mol. The van der Waals surface area contributed by atoms with E-state index in [0.717, 1.165) is 18.2 Å². The number of ketones is 1. The molecular weight excluding hydrogens is 287 g/mol. The van der Waals surface area contributed by atoms with E-state index in [9.17, 15) is 22.8 Å². The number of carbonyl (C=O) groups is 2. The van der Waals surface area contributed by atoms with E-state index >= 15 is 0 Å². The molecule has 0 spiro atoms. The first-order valence-corrected chi connectivity index (χ1v) is 6.41. The Morgan fingerprint density at radius 1 is 1.43 bits per heavy atom. The Morgan fingerprint density at radius 3 is 2.62 bits per heavy atom. The molecule has 0 aromatic heterocycles. The lowest BCUT2D eigenvalue weighted by Crippen LogP contribution is -2.45. The minimum absolute atomic E-state index is 0.0140. The summed E-state index contributed by atoms with van der Waals surface area (Å²) < 4.78 is 42.9. The number of ether oxygens (including phenoxy) is 1. The van der Waals surface area contributed by atoms with Crippen LogP contribution in [0.1, 0.15) is 35.7 Å². The molecule has 1 atom stereocenters. The van der Waals surface area contributed by atoms with Crippen molar-refractivity contribution in [2.45, 2.75) is 32.0 Å². The zero-order valence-electron chi connectivity index (χ0n) is 11.5. The van der Waals surface area contributed by atoms with Crippen molar-refractivity contribution >= 4 is 17.6 Å². The van der Waals surface area contributed by atoms with Crippen molar-refractivity contribution in [2.75, 3.05) is 12.0 Å².